The van der Waals surface area contributed by atoms with Gasteiger partial charge in [-0.15, -0.1) is 0 Å². The van der Waals surface area contributed by atoms with E-state index in [9.17, 15) is 22.8 Å². The SMILES string of the molecule is O=C(O)c1ccc(NC(=O)c2cccnc2C(F)(F)F)cn1. The van der Waals surface area contributed by atoms with Crippen molar-refractivity contribution in [2.75, 3.05) is 5.32 Å². The number of pyridine rings is 2. The summed E-state index contributed by atoms with van der Waals surface area (Å²) in [6, 6.07) is 4.53. The third-order valence-corrected chi connectivity index (χ3v) is 2.56. The van der Waals surface area contributed by atoms with E-state index in [1.165, 1.54) is 12.1 Å². The second-order valence-corrected chi connectivity index (χ2v) is 4.09. The van der Waals surface area contributed by atoms with E-state index in [2.05, 4.69) is 15.3 Å². The lowest BCUT2D eigenvalue weighted by Crippen LogP contribution is -2.20. The molecule has 22 heavy (non-hydrogen) atoms. The zero-order chi connectivity index (χ0) is 16.3. The topological polar surface area (TPSA) is 92.2 Å². The number of carboxylic acid groups (broad SMARTS) is 1. The van der Waals surface area contributed by atoms with Crippen molar-refractivity contribution in [1.29, 1.82) is 0 Å². The fourth-order valence-electron chi connectivity index (χ4n) is 1.61. The molecule has 0 bridgehead atoms. The molecule has 2 rings (SSSR count). The molecule has 0 fully saturated rings. The maximum atomic E-state index is 12.8. The standard InChI is InChI=1S/C13H8F3N3O3/c14-13(15,16)10-8(2-1-5-17-10)11(20)19-7-3-4-9(12(21)22)18-6-7/h1-6H,(H,19,20)(H,21,22). The van der Waals surface area contributed by atoms with Crippen molar-refractivity contribution < 1.29 is 27.9 Å². The summed E-state index contributed by atoms with van der Waals surface area (Å²) in [6.45, 7) is 0. The molecule has 6 nitrogen and oxygen atoms in total. The van der Waals surface area contributed by atoms with Crippen LogP contribution in [0.25, 0.3) is 0 Å². The van der Waals surface area contributed by atoms with Gasteiger partial charge < -0.3 is 10.4 Å². The first kappa shape index (κ1) is 15.4. The highest BCUT2D eigenvalue weighted by Gasteiger charge is 2.36. The van der Waals surface area contributed by atoms with Crippen LogP contribution in [0.2, 0.25) is 0 Å². The van der Waals surface area contributed by atoms with Crippen molar-refractivity contribution in [2.45, 2.75) is 6.18 Å². The molecule has 2 heterocycles. The Morgan fingerprint density at radius 1 is 1.14 bits per heavy atom. The number of halogens is 3. The van der Waals surface area contributed by atoms with Gasteiger partial charge in [0.05, 0.1) is 17.4 Å². The van der Waals surface area contributed by atoms with E-state index in [0.29, 0.717) is 0 Å². The number of anilines is 1. The fraction of sp³-hybridized carbons (Fsp3) is 0.0769. The molecule has 0 spiro atoms. The number of hydrogen-bond donors (Lipinski definition) is 2. The Hall–Kier alpha value is -2.97. The predicted octanol–water partition coefficient (Wildman–Crippen LogP) is 2.45. The van der Waals surface area contributed by atoms with Crippen LogP contribution >= 0.6 is 0 Å². The molecule has 0 aliphatic rings. The predicted molar refractivity (Wildman–Crippen MR) is 68.4 cm³/mol. The zero-order valence-electron chi connectivity index (χ0n) is 10.8. The van der Waals surface area contributed by atoms with Crippen LogP contribution in [-0.2, 0) is 6.18 Å². The molecule has 2 aromatic rings. The van der Waals surface area contributed by atoms with E-state index in [1.54, 1.807) is 0 Å². The molecule has 0 saturated carbocycles. The third kappa shape index (κ3) is 3.37. The average Bonchev–Trinajstić information content (AvgIpc) is 2.47. The molecule has 0 aliphatic heterocycles. The quantitative estimate of drug-likeness (QED) is 0.908. The Labute approximate surface area is 121 Å². The first-order valence-corrected chi connectivity index (χ1v) is 5.82. The summed E-state index contributed by atoms with van der Waals surface area (Å²) in [6.07, 6.45) is -2.80. The van der Waals surface area contributed by atoms with Crippen LogP contribution in [-0.4, -0.2) is 27.0 Å². The molecule has 2 aromatic heterocycles. The number of amides is 1. The average molecular weight is 311 g/mol. The summed E-state index contributed by atoms with van der Waals surface area (Å²) in [5.41, 5.74) is -2.14. The minimum atomic E-state index is -4.76. The second kappa shape index (κ2) is 5.80. The summed E-state index contributed by atoms with van der Waals surface area (Å²) in [4.78, 5) is 29.2. The van der Waals surface area contributed by atoms with Crippen LogP contribution < -0.4 is 5.32 Å². The Balaban J connectivity index is 2.25. The van der Waals surface area contributed by atoms with Gasteiger partial charge in [-0.3, -0.25) is 9.78 Å². The number of carbonyl (C=O) groups is 2. The molecule has 2 N–H and O–H groups in total. The van der Waals surface area contributed by atoms with Crippen LogP contribution in [0.15, 0.2) is 36.7 Å². The Kier molecular flexibility index (Phi) is 4.06. The highest BCUT2D eigenvalue weighted by atomic mass is 19.4. The van der Waals surface area contributed by atoms with Crippen LogP contribution in [0.1, 0.15) is 26.5 Å². The molecule has 1 amide bonds. The van der Waals surface area contributed by atoms with Crippen molar-refractivity contribution in [2.24, 2.45) is 0 Å². The first-order valence-electron chi connectivity index (χ1n) is 5.82. The van der Waals surface area contributed by atoms with Gasteiger partial charge in [-0.2, -0.15) is 13.2 Å². The monoisotopic (exact) mass is 311 g/mol. The van der Waals surface area contributed by atoms with Gasteiger partial charge >= 0.3 is 12.1 Å². The molecule has 9 heteroatoms. The highest BCUT2D eigenvalue weighted by Crippen LogP contribution is 2.30. The first-order chi connectivity index (χ1) is 10.3. The Morgan fingerprint density at radius 2 is 1.86 bits per heavy atom. The van der Waals surface area contributed by atoms with Gasteiger partial charge in [-0.1, -0.05) is 0 Å². The summed E-state index contributed by atoms with van der Waals surface area (Å²) in [5, 5.41) is 10.9. The van der Waals surface area contributed by atoms with Crippen LogP contribution in [0.5, 0.6) is 0 Å². The lowest BCUT2D eigenvalue weighted by molar-refractivity contribution is -0.141. The fourth-order valence-corrected chi connectivity index (χ4v) is 1.61. The van der Waals surface area contributed by atoms with Crippen molar-refractivity contribution in [3.05, 3.63) is 53.6 Å². The van der Waals surface area contributed by atoms with Gasteiger partial charge in [-0.25, -0.2) is 9.78 Å². The molecular formula is C13H8F3N3O3. The molecule has 0 atom stereocenters. The maximum Gasteiger partial charge on any atom is 0.434 e. The number of nitrogens with zero attached hydrogens (tertiary/aromatic N) is 2. The smallest absolute Gasteiger partial charge is 0.434 e. The van der Waals surface area contributed by atoms with Crippen molar-refractivity contribution in [3.8, 4) is 0 Å². The molecular weight excluding hydrogens is 303 g/mol. The summed E-state index contributed by atoms with van der Waals surface area (Å²) < 4.78 is 38.3. The minimum Gasteiger partial charge on any atom is -0.477 e. The van der Waals surface area contributed by atoms with Crippen LogP contribution in [0.4, 0.5) is 18.9 Å². The number of aromatic nitrogens is 2. The number of rotatable bonds is 3. The van der Waals surface area contributed by atoms with Crippen LogP contribution in [0.3, 0.4) is 0 Å². The second-order valence-electron chi connectivity index (χ2n) is 4.09. The molecule has 114 valence electrons. The third-order valence-electron chi connectivity index (χ3n) is 2.56. The van der Waals surface area contributed by atoms with Crippen molar-refractivity contribution >= 4 is 17.6 Å². The number of carboxylic acids is 1. The molecule has 0 radical (unpaired) electrons. The molecule has 0 aliphatic carbocycles. The highest BCUT2D eigenvalue weighted by molar-refractivity contribution is 6.05. The number of aromatic carboxylic acids is 1. The van der Waals surface area contributed by atoms with Gasteiger partial charge in [0.2, 0.25) is 0 Å². The summed E-state index contributed by atoms with van der Waals surface area (Å²) >= 11 is 0. The van der Waals surface area contributed by atoms with E-state index in [-0.39, 0.29) is 11.4 Å². The van der Waals surface area contributed by atoms with Gasteiger partial charge in [0, 0.05) is 6.20 Å². The number of alkyl halides is 3. The lowest BCUT2D eigenvalue weighted by Gasteiger charge is -2.11. The maximum absolute atomic E-state index is 12.8. The van der Waals surface area contributed by atoms with E-state index in [0.717, 1.165) is 24.5 Å². The normalized spacial score (nSPS) is 11.0. The van der Waals surface area contributed by atoms with Gasteiger partial charge in [0.25, 0.3) is 5.91 Å². The van der Waals surface area contributed by atoms with Gasteiger partial charge in [0.1, 0.15) is 5.69 Å². The van der Waals surface area contributed by atoms with Crippen molar-refractivity contribution in [1.82, 2.24) is 9.97 Å². The largest absolute Gasteiger partial charge is 0.477 e. The Morgan fingerprint density at radius 3 is 2.41 bits per heavy atom. The molecule has 0 aromatic carbocycles. The van der Waals surface area contributed by atoms with Gasteiger partial charge in [0.15, 0.2) is 5.69 Å². The summed E-state index contributed by atoms with van der Waals surface area (Å²) in [7, 11) is 0. The Bertz CT molecular complexity index is 714. The lowest BCUT2D eigenvalue weighted by atomic mass is 10.1. The van der Waals surface area contributed by atoms with E-state index in [1.807, 2.05) is 0 Å². The minimum absolute atomic E-state index is 0.0620. The van der Waals surface area contributed by atoms with Crippen molar-refractivity contribution in [3.63, 3.8) is 0 Å². The molecule has 0 unspecified atom stereocenters. The van der Waals surface area contributed by atoms with Gasteiger partial charge in [-0.05, 0) is 24.3 Å². The van der Waals surface area contributed by atoms with E-state index < -0.39 is 29.3 Å². The zero-order valence-corrected chi connectivity index (χ0v) is 10.8. The molecule has 0 saturated heterocycles. The van der Waals surface area contributed by atoms with E-state index in [4.69, 9.17) is 5.11 Å². The summed E-state index contributed by atoms with van der Waals surface area (Å²) in [5.74, 6) is -2.28. The number of carbonyl (C=O) groups excluding carboxylic acids is 1. The van der Waals surface area contributed by atoms with Crippen LogP contribution in [0, 0.1) is 0 Å². The number of nitrogens with one attached hydrogen (secondary N) is 1. The number of hydrogen-bond acceptors (Lipinski definition) is 4. The van der Waals surface area contributed by atoms with E-state index >= 15 is 0 Å².